The van der Waals surface area contributed by atoms with Gasteiger partial charge in [0.15, 0.2) is 28.8 Å². The molecule has 0 atom stereocenters. The number of ether oxygens (including phenoxy) is 3. The highest BCUT2D eigenvalue weighted by Crippen LogP contribution is 2.38. The number of carbonyl (C=O) groups excluding carboxylic acids is 1. The molecule has 7 rings (SSSR count). The van der Waals surface area contributed by atoms with Crippen molar-refractivity contribution in [3.8, 4) is 23.0 Å². The number of fused-ring (bicyclic) bond motifs is 2. The molecule has 0 unspecified atom stereocenters. The minimum atomic E-state index is -0.742. The van der Waals surface area contributed by atoms with E-state index in [0.29, 0.717) is 58.8 Å². The van der Waals surface area contributed by atoms with Gasteiger partial charge in [-0.1, -0.05) is 48.9 Å². The summed E-state index contributed by atoms with van der Waals surface area (Å²) in [5, 5.41) is 3.25. The lowest BCUT2D eigenvalue weighted by Gasteiger charge is -2.26. The van der Waals surface area contributed by atoms with Gasteiger partial charge < -0.3 is 29.0 Å². The van der Waals surface area contributed by atoms with E-state index >= 15 is 4.39 Å². The van der Waals surface area contributed by atoms with Crippen LogP contribution in [0.1, 0.15) is 41.7 Å². The Morgan fingerprint density at radius 1 is 0.846 bits per heavy atom. The molecule has 0 saturated carbocycles. The van der Waals surface area contributed by atoms with E-state index in [9.17, 15) is 9.59 Å². The number of likely N-dealkylation sites (tertiary alicyclic amines) is 1. The number of anilines is 1. The van der Waals surface area contributed by atoms with Crippen molar-refractivity contribution < 1.29 is 23.4 Å². The molecule has 10 nitrogen and oxygen atoms in total. The van der Waals surface area contributed by atoms with Crippen molar-refractivity contribution in [2.75, 3.05) is 38.7 Å². The van der Waals surface area contributed by atoms with Gasteiger partial charge in [0.2, 0.25) is 0 Å². The van der Waals surface area contributed by atoms with E-state index in [4.69, 9.17) is 14.2 Å². The summed E-state index contributed by atoms with van der Waals surface area (Å²) in [4.78, 5) is 38.3. The van der Waals surface area contributed by atoms with Crippen LogP contribution in [0.3, 0.4) is 0 Å². The third kappa shape index (κ3) is 7.89. The fourth-order valence-corrected chi connectivity index (χ4v) is 6.56. The van der Waals surface area contributed by atoms with Gasteiger partial charge in [-0.3, -0.25) is 14.6 Å². The van der Waals surface area contributed by atoms with Gasteiger partial charge in [0.05, 0.1) is 30.3 Å². The molecular formula is C41H40FN5O5. The van der Waals surface area contributed by atoms with Crippen LogP contribution in [0, 0.1) is 5.82 Å². The molecule has 0 bridgehead atoms. The predicted molar refractivity (Wildman–Crippen MR) is 199 cm³/mol. The Kier molecular flexibility index (Phi) is 10.7. The zero-order valence-corrected chi connectivity index (χ0v) is 29.0. The van der Waals surface area contributed by atoms with E-state index in [0.717, 1.165) is 37.7 Å². The topological polar surface area (TPSA) is 108 Å². The number of rotatable bonds is 13. The number of halogens is 1. The van der Waals surface area contributed by atoms with Crippen LogP contribution in [0.2, 0.25) is 0 Å². The monoisotopic (exact) mass is 701 g/mol. The van der Waals surface area contributed by atoms with Gasteiger partial charge in [-0.25, -0.2) is 9.37 Å². The van der Waals surface area contributed by atoms with Crippen molar-refractivity contribution in [3.05, 3.63) is 125 Å². The van der Waals surface area contributed by atoms with Crippen molar-refractivity contribution in [2.45, 2.75) is 38.6 Å². The van der Waals surface area contributed by atoms with Crippen LogP contribution < -0.4 is 25.1 Å². The maximum Gasteiger partial charge on any atom is 0.282 e. The molecule has 266 valence electrons. The molecule has 1 saturated heterocycles. The molecule has 1 aliphatic heterocycles. The Bertz CT molecular complexity index is 2260. The third-order valence-corrected chi connectivity index (χ3v) is 9.26. The van der Waals surface area contributed by atoms with Gasteiger partial charge in [0, 0.05) is 42.5 Å². The van der Waals surface area contributed by atoms with Crippen LogP contribution in [0.15, 0.2) is 102 Å². The molecule has 11 heteroatoms. The summed E-state index contributed by atoms with van der Waals surface area (Å²) >= 11 is 0. The standard InChI is InChI=1S/C41H40FN5O5/c1-50-37-26-30-33(27-38(37)51-24-10-22-46-20-8-3-9-21-46)43-19-17-35(30)52-36-16-15-29(25-31(36)42)44-40(48)39-41(49)47(23-18-28-11-4-2-5-12-28)34-14-7-6-13-32(34)45-39/h2,4-7,11-17,19,25-27H,3,8-10,18,20-24H2,1H3,(H,44,48). The van der Waals surface area contributed by atoms with E-state index in [1.807, 2.05) is 36.4 Å². The van der Waals surface area contributed by atoms with Crippen LogP contribution in [-0.4, -0.2) is 58.7 Å². The first kappa shape index (κ1) is 34.6. The summed E-state index contributed by atoms with van der Waals surface area (Å²) in [6, 6.07) is 26.2. The normalized spacial score (nSPS) is 13.3. The number of hydrogen-bond donors (Lipinski definition) is 1. The van der Waals surface area contributed by atoms with Crippen LogP contribution in [0.5, 0.6) is 23.0 Å². The largest absolute Gasteiger partial charge is 0.493 e. The van der Waals surface area contributed by atoms with Crippen LogP contribution in [0.4, 0.5) is 10.1 Å². The van der Waals surface area contributed by atoms with E-state index < -0.39 is 17.3 Å². The fourth-order valence-electron chi connectivity index (χ4n) is 6.56. The quantitative estimate of drug-likeness (QED) is 0.123. The number of methoxy groups -OCH3 is 1. The van der Waals surface area contributed by atoms with Crippen molar-refractivity contribution >= 4 is 33.5 Å². The Hall–Kier alpha value is -5.81. The first-order chi connectivity index (χ1) is 25.5. The lowest BCUT2D eigenvalue weighted by atomic mass is 10.1. The van der Waals surface area contributed by atoms with E-state index in [-0.39, 0.29) is 17.1 Å². The molecule has 4 aromatic carbocycles. The highest BCUT2D eigenvalue weighted by atomic mass is 19.1. The second-order valence-corrected chi connectivity index (χ2v) is 12.8. The average molecular weight is 702 g/mol. The first-order valence-electron chi connectivity index (χ1n) is 17.6. The highest BCUT2D eigenvalue weighted by molar-refractivity contribution is 6.03. The van der Waals surface area contributed by atoms with Crippen molar-refractivity contribution in [2.24, 2.45) is 0 Å². The predicted octanol–water partition coefficient (Wildman–Crippen LogP) is 7.63. The number of benzene rings is 4. The van der Waals surface area contributed by atoms with Crippen LogP contribution in [-0.2, 0) is 13.0 Å². The van der Waals surface area contributed by atoms with E-state index in [1.165, 1.54) is 31.4 Å². The second-order valence-electron chi connectivity index (χ2n) is 12.8. The molecule has 1 amide bonds. The lowest BCUT2D eigenvalue weighted by Crippen LogP contribution is -2.31. The number of aromatic nitrogens is 3. The molecule has 2 aromatic heterocycles. The molecule has 0 spiro atoms. The minimum Gasteiger partial charge on any atom is -0.493 e. The first-order valence-corrected chi connectivity index (χ1v) is 17.6. The van der Waals surface area contributed by atoms with Crippen LogP contribution >= 0.6 is 0 Å². The lowest BCUT2D eigenvalue weighted by molar-refractivity contribution is 0.102. The number of para-hydroxylation sites is 2. The number of amides is 1. The number of aryl methyl sites for hydroxylation is 2. The summed E-state index contributed by atoms with van der Waals surface area (Å²) in [6.07, 6.45) is 6.89. The number of carbonyl (C=O) groups is 1. The molecule has 52 heavy (non-hydrogen) atoms. The SMILES string of the molecule is COc1cc2c(Oc3ccc(NC(=O)c4nc5ccccc5n(CCc5ccccc5)c4=O)cc3F)ccnc2cc1OCCCN1CCCCC1. The van der Waals surface area contributed by atoms with Gasteiger partial charge in [0.25, 0.3) is 11.5 Å². The van der Waals surface area contributed by atoms with Crippen molar-refractivity contribution in [3.63, 3.8) is 0 Å². The zero-order chi connectivity index (χ0) is 35.9. The summed E-state index contributed by atoms with van der Waals surface area (Å²) in [5.74, 6) is -0.0532. The summed E-state index contributed by atoms with van der Waals surface area (Å²) in [7, 11) is 1.57. The van der Waals surface area contributed by atoms with E-state index in [1.54, 1.807) is 54.3 Å². The van der Waals surface area contributed by atoms with Gasteiger partial charge in [0.1, 0.15) is 5.75 Å². The second kappa shape index (κ2) is 16.0. The Morgan fingerprint density at radius 3 is 2.46 bits per heavy atom. The van der Waals surface area contributed by atoms with Crippen LogP contribution in [0.25, 0.3) is 21.9 Å². The molecule has 1 N–H and O–H groups in total. The summed E-state index contributed by atoms with van der Waals surface area (Å²) in [6.45, 7) is 4.19. The zero-order valence-electron chi connectivity index (χ0n) is 29.0. The maximum absolute atomic E-state index is 15.5. The number of pyridine rings is 1. The Balaban J connectivity index is 1.05. The minimum absolute atomic E-state index is 0.0606. The maximum atomic E-state index is 15.5. The molecule has 0 radical (unpaired) electrons. The molecule has 1 aliphatic rings. The van der Waals surface area contributed by atoms with Crippen molar-refractivity contribution in [1.29, 1.82) is 0 Å². The molecule has 0 aliphatic carbocycles. The van der Waals surface area contributed by atoms with Crippen molar-refractivity contribution in [1.82, 2.24) is 19.4 Å². The summed E-state index contributed by atoms with van der Waals surface area (Å²) < 4.78 is 34.8. The van der Waals surface area contributed by atoms with Gasteiger partial charge in [-0.2, -0.15) is 0 Å². The summed E-state index contributed by atoms with van der Waals surface area (Å²) in [5.41, 5.74) is 2.12. The highest BCUT2D eigenvalue weighted by Gasteiger charge is 2.20. The molecule has 3 heterocycles. The number of nitrogens with zero attached hydrogens (tertiary/aromatic N) is 4. The van der Waals surface area contributed by atoms with Gasteiger partial charge in [-0.15, -0.1) is 0 Å². The average Bonchev–Trinajstić information content (AvgIpc) is 3.17. The fraction of sp³-hybridized carbons (Fsp3) is 0.268. The Labute approximate surface area is 300 Å². The third-order valence-electron chi connectivity index (χ3n) is 9.26. The molecule has 6 aromatic rings. The Morgan fingerprint density at radius 2 is 1.65 bits per heavy atom. The van der Waals surface area contributed by atoms with E-state index in [2.05, 4.69) is 20.2 Å². The van der Waals surface area contributed by atoms with Gasteiger partial charge >= 0.3 is 0 Å². The number of piperidine rings is 1. The smallest absolute Gasteiger partial charge is 0.282 e. The molecular weight excluding hydrogens is 661 g/mol. The van der Waals surface area contributed by atoms with Gasteiger partial charge in [-0.05, 0) is 80.7 Å². The number of hydrogen-bond acceptors (Lipinski definition) is 8. The molecule has 1 fully saturated rings. The number of nitrogens with one attached hydrogen (secondary N) is 1.